The first-order chi connectivity index (χ1) is 29.3. The van der Waals surface area contributed by atoms with Gasteiger partial charge in [-0.25, -0.2) is 0 Å². The average Bonchev–Trinajstić information content (AvgIpc) is 3.19. The maximum atomic E-state index is 13.4. The Labute approximate surface area is 384 Å². The van der Waals surface area contributed by atoms with Gasteiger partial charge in [-0.3, -0.25) is 28.8 Å². The number of rotatable bonds is 14. The summed E-state index contributed by atoms with van der Waals surface area (Å²) in [6, 6.07) is 17.2. The lowest BCUT2D eigenvalue weighted by Gasteiger charge is -2.17. The van der Waals surface area contributed by atoms with Gasteiger partial charge in [0, 0.05) is 42.6 Å². The van der Waals surface area contributed by atoms with E-state index in [9.17, 15) is 28.8 Å². The van der Waals surface area contributed by atoms with Gasteiger partial charge in [0.25, 0.3) is 23.6 Å². The molecule has 2 atom stereocenters. The maximum absolute atomic E-state index is 13.4. The summed E-state index contributed by atoms with van der Waals surface area (Å²) in [4.78, 5) is 77.9. The number of carbonyl (C=O) groups is 6. The molecule has 4 amide bonds. The van der Waals surface area contributed by atoms with Gasteiger partial charge in [0.05, 0.1) is 32.8 Å². The highest BCUT2D eigenvalue weighted by Crippen LogP contribution is 2.31. The number of nitrogens with one attached hydrogen (secondary N) is 4. The van der Waals surface area contributed by atoms with Crippen LogP contribution in [0.2, 0.25) is 30.1 Å². The lowest BCUT2D eigenvalue weighted by molar-refractivity contribution is -0.127. The first kappa shape index (κ1) is 47.3. The highest BCUT2D eigenvalue weighted by atomic mass is 35.5. The van der Waals surface area contributed by atoms with Gasteiger partial charge < -0.3 is 21.3 Å². The molecular formula is C42H32Cl6N8O6. The molecule has 0 aliphatic carbocycles. The molecule has 0 saturated carbocycles. The molecule has 0 bridgehead atoms. The number of ketones is 2. The number of hydrogen-bond donors (Lipinski definition) is 4. The van der Waals surface area contributed by atoms with E-state index in [1.165, 1.54) is 72.8 Å². The molecule has 0 aliphatic rings. The van der Waals surface area contributed by atoms with Crippen LogP contribution in [0.5, 0.6) is 0 Å². The van der Waals surface area contributed by atoms with E-state index in [-0.39, 0.29) is 54.0 Å². The van der Waals surface area contributed by atoms with E-state index >= 15 is 0 Å². The molecule has 4 N–H and O–H groups in total. The van der Waals surface area contributed by atoms with Crippen LogP contribution in [-0.2, 0) is 19.2 Å². The van der Waals surface area contributed by atoms with Crippen LogP contribution in [0.4, 0.5) is 34.1 Å². The Morgan fingerprint density at radius 1 is 0.452 bits per heavy atom. The second-order valence-corrected chi connectivity index (χ2v) is 16.0. The molecule has 5 aromatic rings. The number of hydrogen-bond acceptors (Lipinski definition) is 10. The number of nitrogens with zero attached hydrogens (tertiary/aromatic N) is 4. The Kier molecular flexibility index (Phi) is 15.9. The molecule has 14 nitrogen and oxygen atoms in total. The van der Waals surface area contributed by atoms with Gasteiger partial charge in [0.15, 0.2) is 11.6 Å². The van der Waals surface area contributed by atoms with Gasteiger partial charge in [-0.05, 0) is 124 Å². The van der Waals surface area contributed by atoms with Gasteiger partial charge in [0.2, 0.25) is 12.1 Å². The van der Waals surface area contributed by atoms with Crippen LogP contribution in [-0.4, -0.2) is 47.3 Å². The zero-order valence-corrected chi connectivity index (χ0v) is 37.3. The summed E-state index contributed by atoms with van der Waals surface area (Å²) in [6.45, 7) is 5.65. The molecule has 0 heterocycles. The molecule has 0 fully saturated rings. The summed E-state index contributed by atoms with van der Waals surface area (Å²) in [5.41, 5.74) is 2.55. The van der Waals surface area contributed by atoms with Crippen LogP contribution in [0.3, 0.4) is 0 Å². The Morgan fingerprint density at radius 3 is 1.15 bits per heavy atom. The third-order valence-corrected chi connectivity index (χ3v) is 10.3. The van der Waals surface area contributed by atoms with E-state index in [2.05, 4.69) is 41.7 Å². The SMILES string of the molecule is CC(=O)C(N=Nc1cc(Cl)cc(C(=O)Nc2ccc(Cl)cc2Cl)c1)C(=O)Nc1ccc(NC(=O)C(N=Nc2cc(Cl)cc(C(=O)Nc3ccc(Cl)cc3Cl)c2)C(C)=O)c(C)c1C. The summed E-state index contributed by atoms with van der Waals surface area (Å²) in [5, 5.41) is 28.1. The first-order valence-electron chi connectivity index (χ1n) is 18.0. The number of halogens is 6. The highest BCUT2D eigenvalue weighted by molar-refractivity contribution is 6.38. The largest absolute Gasteiger partial charge is 0.324 e. The van der Waals surface area contributed by atoms with E-state index in [1.54, 1.807) is 26.0 Å². The molecule has 0 radical (unpaired) electrons. The minimum atomic E-state index is -1.59. The van der Waals surface area contributed by atoms with Crippen molar-refractivity contribution in [2.45, 2.75) is 39.8 Å². The maximum Gasteiger partial charge on any atom is 0.258 e. The van der Waals surface area contributed by atoms with Crippen molar-refractivity contribution in [1.29, 1.82) is 0 Å². The van der Waals surface area contributed by atoms with E-state index < -0.39 is 47.3 Å². The van der Waals surface area contributed by atoms with Crippen molar-refractivity contribution in [2.24, 2.45) is 20.5 Å². The number of benzene rings is 5. The molecule has 5 rings (SSSR count). The topological polar surface area (TPSA) is 200 Å². The summed E-state index contributed by atoms with van der Waals surface area (Å²) in [7, 11) is 0. The van der Waals surface area contributed by atoms with Crippen molar-refractivity contribution < 1.29 is 28.8 Å². The van der Waals surface area contributed by atoms with Gasteiger partial charge >= 0.3 is 0 Å². The van der Waals surface area contributed by atoms with Crippen molar-refractivity contribution in [3.05, 3.63) is 137 Å². The van der Waals surface area contributed by atoms with Crippen LogP contribution >= 0.6 is 69.6 Å². The number of azo groups is 2. The van der Waals surface area contributed by atoms with Gasteiger partial charge in [-0.2, -0.15) is 20.5 Å². The highest BCUT2D eigenvalue weighted by Gasteiger charge is 2.26. The lowest BCUT2D eigenvalue weighted by Crippen LogP contribution is -2.33. The van der Waals surface area contributed by atoms with Crippen molar-refractivity contribution >= 4 is 139 Å². The predicted molar refractivity (Wildman–Crippen MR) is 243 cm³/mol. The molecule has 0 aromatic heterocycles. The molecule has 2 unspecified atom stereocenters. The van der Waals surface area contributed by atoms with E-state index in [4.69, 9.17) is 69.6 Å². The van der Waals surface area contributed by atoms with Crippen molar-refractivity contribution in [3.8, 4) is 0 Å². The molecule has 20 heteroatoms. The Hall–Kier alpha value is -5.74. The molecule has 62 heavy (non-hydrogen) atoms. The Bertz CT molecular complexity index is 2530. The molecule has 0 aliphatic heterocycles. The van der Waals surface area contributed by atoms with Gasteiger partial charge in [-0.15, -0.1) is 0 Å². The van der Waals surface area contributed by atoms with Crippen molar-refractivity contribution in [3.63, 3.8) is 0 Å². The lowest BCUT2D eigenvalue weighted by atomic mass is 10.0. The van der Waals surface area contributed by atoms with E-state index in [0.717, 1.165) is 13.8 Å². The number of anilines is 4. The van der Waals surface area contributed by atoms with E-state index in [0.29, 0.717) is 32.5 Å². The third kappa shape index (κ3) is 12.4. The smallest absolute Gasteiger partial charge is 0.258 e. The number of carbonyl (C=O) groups excluding carboxylic acids is 6. The van der Waals surface area contributed by atoms with Crippen LogP contribution in [0.15, 0.2) is 105 Å². The molecule has 318 valence electrons. The Balaban J connectivity index is 1.26. The Morgan fingerprint density at radius 2 is 0.806 bits per heavy atom. The summed E-state index contributed by atoms with van der Waals surface area (Å²) in [5.74, 6) is -4.04. The normalized spacial score (nSPS) is 12.2. The van der Waals surface area contributed by atoms with Crippen LogP contribution in [0.1, 0.15) is 45.7 Å². The zero-order chi connectivity index (χ0) is 45.4. The zero-order valence-electron chi connectivity index (χ0n) is 32.7. The number of Topliss-reactive ketones (excluding diaryl/α,β-unsaturated/α-hetero) is 2. The molecule has 0 saturated heterocycles. The minimum Gasteiger partial charge on any atom is -0.324 e. The second-order valence-electron chi connectivity index (χ2n) is 13.4. The summed E-state index contributed by atoms with van der Waals surface area (Å²) < 4.78 is 0. The first-order valence-corrected chi connectivity index (χ1v) is 20.2. The van der Waals surface area contributed by atoms with Crippen LogP contribution in [0.25, 0.3) is 0 Å². The summed E-state index contributed by atoms with van der Waals surface area (Å²) >= 11 is 36.7. The fraction of sp³-hybridized carbons (Fsp3) is 0.143. The molecule has 0 spiro atoms. The third-order valence-electron chi connectivity index (χ3n) is 8.80. The fourth-order valence-corrected chi connectivity index (χ4v) is 6.85. The van der Waals surface area contributed by atoms with Gasteiger partial charge in [-0.1, -0.05) is 69.6 Å². The summed E-state index contributed by atoms with van der Waals surface area (Å²) in [6.07, 6.45) is 0. The standard InChI is InChI=1S/C42H32Cl6N8O6/c1-19-20(2)34(50-42(62)38(22(4)58)56-54-30-14-24(12-28(46)16-30)40(60)52-36-8-6-26(44)18-32(36)48)10-9-33(19)49-41(61)37(21(3)57)55-53-29-13-23(11-27(45)15-29)39(59)51-35-7-5-25(43)17-31(35)47/h5-18,37-38H,1-4H3,(H,49,61)(H,50,62)(H,51,59)(H,52,60). The monoisotopic (exact) mass is 954 g/mol. The minimum absolute atomic E-state index is 0.0835. The molecular weight excluding hydrogens is 925 g/mol. The fourth-order valence-electron chi connectivity index (χ4n) is 5.48. The second kappa shape index (κ2) is 20.9. The van der Waals surface area contributed by atoms with Crippen LogP contribution in [0, 0.1) is 13.8 Å². The average molecular weight is 957 g/mol. The quantitative estimate of drug-likeness (QED) is 0.0630. The van der Waals surface area contributed by atoms with Gasteiger partial charge in [0.1, 0.15) is 0 Å². The van der Waals surface area contributed by atoms with Crippen molar-refractivity contribution in [2.75, 3.05) is 21.3 Å². The predicted octanol–water partition coefficient (Wildman–Crippen LogP) is 12.1. The molecule has 5 aromatic carbocycles. The van der Waals surface area contributed by atoms with E-state index in [1.807, 2.05) is 0 Å². The van der Waals surface area contributed by atoms with Crippen molar-refractivity contribution in [1.82, 2.24) is 0 Å². The van der Waals surface area contributed by atoms with Crippen LogP contribution < -0.4 is 21.3 Å². The number of amides is 4.